The second-order valence-electron chi connectivity index (χ2n) is 5.78. The molecule has 0 spiro atoms. The van der Waals surface area contributed by atoms with Gasteiger partial charge in [-0.25, -0.2) is 0 Å². The predicted molar refractivity (Wildman–Crippen MR) is 98.5 cm³/mol. The van der Waals surface area contributed by atoms with Crippen molar-refractivity contribution in [2.75, 3.05) is 24.7 Å². The Hall–Kier alpha value is -3.39. The third-order valence-electron chi connectivity index (χ3n) is 4.17. The van der Waals surface area contributed by atoms with Crippen molar-refractivity contribution in [2.24, 2.45) is 11.5 Å². The summed E-state index contributed by atoms with van der Waals surface area (Å²) in [5.41, 5.74) is 14.3. The summed E-state index contributed by atoms with van der Waals surface area (Å²) in [5, 5.41) is 7.26. The minimum atomic E-state index is -0.756. The van der Waals surface area contributed by atoms with Crippen LogP contribution in [-0.4, -0.2) is 42.8 Å². The van der Waals surface area contributed by atoms with E-state index < -0.39 is 5.91 Å². The lowest BCUT2D eigenvalue weighted by Gasteiger charge is -2.26. The number of primary amides is 1. The van der Waals surface area contributed by atoms with Gasteiger partial charge in [-0.2, -0.15) is 0 Å². The first-order valence-electron chi connectivity index (χ1n) is 7.98. The molecule has 6 N–H and O–H groups in total. The molecule has 0 atom stereocenters. The Balaban J connectivity index is 1.85. The fourth-order valence-corrected chi connectivity index (χ4v) is 2.77. The average molecular weight is 353 g/mol. The van der Waals surface area contributed by atoms with Crippen molar-refractivity contribution in [2.45, 2.75) is 0 Å². The maximum absolute atomic E-state index is 11.9. The zero-order valence-electron chi connectivity index (χ0n) is 14.0. The molecule has 0 bridgehead atoms. The zero-order valence-corrected chi connectivity index (χ0v) is 14.0. The number of benzene rings is 1. The molecule has 0 saturated carbocycles. The Morgan fingerprint density at radius 3 is 2.58 bits per heavy atom. The molecule has 2 amide bonds. The third kappa shape index (κ3) is 3.35. The molecule has 26 heavy (non-hydrogen) atoms. The molecular formula is C18H19N5O3. The first-order valence-corrected chi connectivity index (χ1v) is 7.98. The van der Waals surface area contributed by atoms with Crippen molar-refractivity contribution in [3.63, 3.8) is 0 Å². The van der Waals surface area contributed by atoms with Gasteiger partial charge in [0.1, 0.15) is 6.61 Å². The standard InChI is InChI=1S/C18H19N5O3/c19-8-14(18(21)25)17(20)15-7-12(9-22-15)11-1-3-13(4-2-11)23-5-6-26-10-16(23)24/h1-4,7-9,19,22H,5-6,10,20H2,(H2,21,25)/b17-14-,19-8?. The monoisotopic (exact) mass is 353 g/mol. The van der Waals surface area contributed by atoms with Gasteiger partial charge in [0.15, 0.2) is 0 Å². The quantitative estimate of drug-likeness (QED) is 0.467. The summed E-state index contributed by atoms with van der Waals surface area (Å²) < 4.78 is 5.14. The van der Waals surface area contributed by atoms with E-state index in [9.17, 15) is 9.59 Å². The average Bonchev–Trinajstić information content (AvgIpc) is 3.13. The molecule has 1 aromatic carbocycles. The van der Waals surface area contributed by atoms with Gasteiger partial charge in [-0.15, -0.1) is 0 Å². The number of anilines is 1. The van der Waals surface area contributed by atoms with E-state index in [0.717, 1.165) is 23.0 Å². The van der Waals surface area contributed by atoms with Gasteiger partial charge >= 0.3 is 0 Å². The lowest BCUT2D eigenvalue weighted by atomic mass is 10.1. The van der Waals surface area contributed by atoms with Crippen LogP contribution in [0.5, 0.6) is 0 Å². The Labute approximate surface area is 149 Å². The van der Waals surface area contributed by atoms with Crippen LogP contribution in [0.1, 0.15) is 5.69 Å². The topological polar surface area (TPSA) is 138 Å². The van der Waals surface area contributed by atoms with Gasteiger partial charge in [0.05, 0.1) is 23.6 Å². The van der Waals surface area contributed by atoms with Crippen molar-refractivity contribution < 1.29 is 14.3 Å². The van der Waals surface area contributed by atoms with Gasteiger partial charge < -0.3 is 31.5 Å². The van der Waals surface area contributed by atoms with Gasteiger partial charge in [-0.05, 0) is 29.3 Å². The molecule has 3 rings (SSSR count). The number of hydrogen-bond donors (Lipinski definition) is 4. The van der Waals surface area contributed by atoms with Gasteiger partial charge in [-0.3, -0.25) is 9.59 Å². The summed E-state index contributed by atoms with van der Waals surface area (Å²) in [5.74, 6) is -0.815. The van der Waals surface area contributed by atoms with Gasteiger partial charge in [-0.1, -0.05) is 12.1 Å². The zero-order chi connectivity index (χ0) is 18.7. The van der Waals surface area contributed by atoms with Crippen molar-refractivity contribution >= 4 is 29.4 Å². The highest BCUT2D eigenvalue weighted by atomic mass is 16.5. The molecule has 134 valence electrons. The van der Waals surface area contributed by atoms with Crippen LogP contribution >= 0.6 is 0 Å². The molecule has 2 heterocycles. The first-order chi connectivity index (χ1) is 12.5. The highest BCUT2D eigenvalue weighted by Gasteiger charge is 2.20. The summed E-state index contributed by atoms with van der Waals surface area (Å²) in [6.07, 6.45) is 2.59. The van der Waals surface area contributed by atoms with Crippen molar-refractivity contribution in [1.82, 2.24) is 4.98 Å². The second kappa shape index (κ2) is 7.24. The Morgan fingerprint density at radius 1 is 1.23 bits per heavy atom. The number of nitrogens with zero attached hydrogens (tertiary/aromatic N) is 1. The fraction of sp³-hybridized carbons (Fsp3) is 0.167. The highest BCUT2D eigenvalue weighted by Crippen LogP contribution is 2.26. The van der Waals surface area contributed by atoms with E-state index in [1.54, 1.807) is 17.2 Å². The van der Waals surface area contributed by atoms with Crippen LogP contribution in [0.25, 0.3) is 16.8 Å². The minimum Gasteiger partial charge on any atom is -0.396 e. The number of hydrogen-bond acceptors (Lipinski definition) is 5. The summed E-state index contributed by atoms with van der Waals surface area (Å²) >= 11 is 0. The maximum Gasteiger partial charge on any atom is 0.253 e. The number of aromatic amines is 1. The maximum atomic E-state index is 11.9. The normalized spacial score (nSPS) is 15.5. The smallest absolute Gasteiger partial charge is 0.253 e. The highest BCUT2D eigenvalue weighted by molar-refractivity contribution is 6.16. The van der Waals surface area contributed by atoms with E-state index in [4.69, 9.17) is 21.6 Å². The van der Waals surface area contributed by atoms with Crippen molar-refractivity contribution in [3.8, 4) is 11.1 Å². The number of aromatic nitrogens is 1. The number of nitrogens with one attached hydrogen (secondary N) is 2. The molecule has 1 saturated heterocycles. The molecule has 1 aliphatic heterocycles. The fourth-order valence-electron chi connectivity index (χ4n) is 2.77. The summed E-state index contributed by atoms with van der Waals surface area (Å²) in [6.45, 7) is 1.16. The first kappa shape index (κ1) is 17.4. The Bertz CT molecular complexity index is 882. The van der Waals surface area contributed by atoms with Gasteiger partial charge in [0, 0.05) is 24.6 Å². The van der Waals surface area contributed by atoms with E-state index in [1.807, 2.05) is 24.3 Å². The Kier molecular flexibility index (Phi) is 4.85. The van der Waals surface area contributed by atoms with Crippen molar-refractivity contribution in [3.05, 3.63) is 47.8 Å². The van der Waals surface area contributed by atoms with E-state index >= 15 is 0 Å². The molecule has 1 aromatic heterocycles. The molecular weight excluding hydrogens is 334 g/mol. The summed E-state index contributed by atoms with van der Waals surface area (Å²) in [6, 6.07) is 9.32. The molecule has 1 fully saturated rings. The van der Waals surface area contributed by atoms with Crippen molar-refractivity contribution in [1.29, 1.82) is 5.41 Å². The van der Waals surface area contributed by atoms with Crippen LogP contribution in [0, 0.1) is 5.41 Å². The number of nitrogens with two attached hydrogens (primary N) is 2. The number of carbonyl (C=O) groups is 2. The molecule has 8 nitrogen and oxygen atoms in total. The third-order valence-corrected chi connectivity index (χ3v) is 4.17. The van der Waals surface area contributed by atoms with Crippen LogP contribution in [0.2, 0.25) is 0 Å². The lowest BCUT2D eigenvalue weighted by Crippen LogP contribution is -2.41. The van der Waals surface area contributed by atoms with Gasteiger partial charge in [0.25, 0.3) is 11.8 Å². The predicted octanol–water partition coefficient (Wildman–Crippen LogP) is 0.850. The number of morpholine rings is 1. The lowest BCUT2D eigenvalue weighted by molar-refractivity contribution is -0.125. The SMILES string of the molecule is N=C/C(C(N)=O)=C(/N)c1cc(-c2ccc(N3CCOCC3=O)cc2)c[nH]1. The van der Waals surface area contributed by atoms with Crippen LogP contribution in [0.3, 0.4) is 0 Å². The number of carbonyl (C=O) groups excluding carboxylic acids is 2. The molecule has 8 heteroatoms. The minimum absolute atomic E-state index is 0.0559. The molecule has 0 aliphatic carbocycles. The second-order valence-corrected chi connectivity index (χ2v) is 5.78. The molecule has 0 unspecified atom stereocenters. The Morgan fingerprint density at radius 2 is 1.96 bits per heavy atom. The molecule has 0 radical (unpaired) electrons. The number of H-pyrrole nitrogens is 1. The van der Waals surface area contributed by atoms with Gasteiger partial charge in [0.2, 0.25) is 0 Å². The van der Waals surface area contributed by atoms with Crippen LogP contribution in [-0.2, 0) is 14.3 Å². The summed E-state index contributed by atoms with van der Waals surface area (Å²) in [7, 11) is 0. The van der Waals surface area contributed by atoms with E-state index in [2.05, 4.69) is 4.98 Å². The largest absolute Gasteiger partial charge is 0.396 e. The number of ether oxygens (including phenoxy) is 1. The van der Waals surface area contributed by atoms with E-state index in [0.29, 0.717) is 18.8 Å². The number of rotatable bonds is 5. The van der Waals surface area contributed by atoms with E-state index in [1.165, 1.54) is 0 Å². The number of amides is 2. The molecule has 2 aromatic rings. The van der Waals surface area contributed by atoms with E-state index in [-0.39, 0.29) is 23.8 Å². The summed E-state index contributed by atoms with van der Waals surface area (Å²) in [4.78, 5) is 27.9. The van der Waals surface area contributed by atoms with Crippen LogP contribution in [0.4, 0.5) is 5.69 Å². The molecule has 1 aliphatic rings. The van der Waals surface area contributed by atoms with Crippen LogP contribution in [0.15, 0.2) is 42.1 Å². The van der Waals surface area contributed by atoms with Crippen LogP contribution < -0.4 is 16.4 Å².